The van der Waals surface area contributed by atoms with E-state index in [0.29, 0.717) is 4.74 Å². The van der Waals surface area contributed by atoms with Crippen molar-refractivity contribution < 1.29 is 17.6 Å². The fraction of sp³-hybridized carbons (Fsp3) is 0.375. The van der Waals surface area contributed by atoms with Gasteiger partial charge in [0.05, 0.1) is 0 Å². The maximum absolute atomic E-state index is 11.3. The molecule has 0 saturated heterocycles. The monoisotopic (exact) mass is 232 g/mol. The number of sulfonamides is 1. The van der Waals surface area contributed by atoms with Crippen LogP contribution in [0.4, 0.5) is 0 Å². The minimum Gasteiger partial charge on any atom is -0.624 e. The topological polar surface area (TPSA) is 85.4 Å². The molecule has 1 heterocycles. The fourth-order valence-corrected chi connectivity index (χ4v) is 1.54. The van der Waals surface area contributed by atoms with Gasteiger partial charge in [0.2, 0.25) is 11.3 Å². The van der Waals surface area contributed by atoms with Gasteiger partial charge >= 0.3 is 0 Å². The highest BCUT2D eigenvalue weighted by atomic mass is 32.2. The predicted molar refractivity (Wildman–Crippen MR) is 54.3 cm³/mol. The minimum absolute atomic E-state index is 0.208. The van der Waals surface area contributed by atoms with E-state index in [9.17, 15) is 13.6 Å². The summed E-state index contributed by atoms with van der Waals surface area (Å²) < 4.78 is 30.2. The van der Waals surface area contributed by atoms with Crippen LogP contribution >= 0.6 is 0 Å². The number of hydroxylamine groups is 1. The van der Waals surface area contributed by atoms with Gasteiger partial charge in [-0.05, 0) is 26.1 Å². The van der Waals surface area contributed by atoms with E-state index in [0.717, 1.165) is 0 Å². The highest BCUT2D eigenvalue weighted by Crippen LogP contribution is 2.11. The van der Waals surface area contributed by atoms with Crippen molar-refractivity contribution in [3.05, 3.63) is 23.1 Å². The number of nitrogens with one attached hydrogen (secondary N) is 1. The summed E-state index contributed by atoms with van der Waals surface area (Å²) in [6.07, 6.45) is 1.19. The molecular weight excluding hydrogens is 220 g/mol. The zero-order valence-corrected chi connectivity index (χ0v) is 9.24. The van der Waals surface area contributed by atoms with Crippen LogP contribution in [0.25, 0.3) is 0 Å². The fourth-order valence-electron chi connectivity index (χ4n) is 0.882. The van der Waals surface area contributed by atoms with E-state index in [1.165, 1.54) is 25.4 Å². The van der Waals surface area contributed by atoms with Crippen LogP contribution in [-0.4, -0.2) is 33.0 Å². The number of rotatable bonds is 4. The third-order valence-corrected chi connectivity index (χ3v) is 3.01. The van der Waals surface area contributed by atoms with Gasteiger partial charge in [-0.2, -0.15) is 0 Å². The van der Waals surface area contributed by atoms with Gasteiger partial charge in [-0.25, -0.2) is 17.9 Å². The Morgan fingerprint density at radius 2 is 2.27 bits per heavy atom. The average molecular weight is 232 g/mol. The zero-order valence-electron chi connectivity index (χ0n) is 8.43. The van der Waals surface area contributed by atoms with Gasteiger partial charge in [0, 0.05) is 0 Å². The molecule has 1 rings (SSSR count). The smallest absolute Gasteiger partial charge is 0.273 e. The largest absolute Gasteiger partial charge is 0.624 e. The number of nitrogens with zero attached hydrogens (tertiary/aromatic N) is 1. The summed E-state index contributed by atoms with van der Waals surface area (Å²) in [7, 11) is -2.29. The first-order chi connectivity index (χ1) is 6.99. The Hall–Kier alpha value is -1.34. The van der Waals surface area contributed by atoms with Gasteiger partial charge in [0.1, 0.15) is 0 Å². The summed E-state index contributed by atoms with van der Waals surface area (Å²) in [5.74, 6) is 0.209. The Morgan fingerprint density at radius 3 is 2.80 bits per heavy atom. The van der Waals surface area contributed by atoms with Crippen LogP contribution in [0.3, 0.4) is 0 Å². The van der Waals surface area contributed by atoms with Crippen LogP contribution in [0.1, 0.15) is 12.7 Å². The van der Waals surface area contributed by atoms with Gasteiger partial charge in [-0.3, -0.25) is 0 Å². The molecule has 6 nitrogen and oxygen atoms in total. The van der Waals surface area contributed by atoms with Crippen molar-refractivity contribution >= 4 is 16.2 Å². The Kier molecular flexibility index (Phi) is 3.48. The van der Waals surface area contributed by atoms with Crippen molar-refractivity contribution in [3.63, 3.8) is 0 Å². The molecule has 84 valence electrons. The highest BCUT2D eigenvalue weighted by Gasteiger charge is 2.16. The zero-order chi connectivity index (χ0) is 11.5. The second kappa shape index (κ2) is 4.45. The Balaban J connectivity index is 3.01. The summed E-state index contributed by atoms with van der Waals surface area (Å²) in [4.78, 5) is 0. The van der Waals surface area contributed by atoms with Gasteiger partial charge in [0.25, 0.3) is 10.0 Å². The molecule has 0 radical (unpaired) electrons. The second-order valence-electron chi connectivity index (χ2n) is 2.73. The first-order valence-electron chi connectivity index (χ1n) is 4.31. The van der Waals surface area contributed by atoms with Crippen LogP contribution in [0.15, 0.2) is 21.6 Å². The number of hydrogen-bond acceptors (Lipinski definition) is 4. The van der Waals surface area contributed by atoms with Crippen molar-refractivity contribution in [3.8, 4) is 0 Å². The van der Waals surface area contributed by atoms with Crippen LogP contribution in [0, 0.1) is 5.21 Å². The lowest BCUT2D eigenvalue weighted by molar-refractivity contribution is -0.448. The molecule has 1 aromatic rings. The van der Waals surface area contributed by atoms with Gasteiger partial charge < -0.3 is 9.62 Å². The lowest BCUT2D eigenvalue weighted by Crippen LogP contribution is -2.17. The third-order valence-electron chi connectivity index (χ3n) is 1.72. The summed E-state index contributed by atoms with van der Waals surface area (Å²) in [5, 5.41) is 10.7. The van der Waals surface area contributed by atoms with Crippen molar-refractivity contribution in [2.24, 2.45) is 0 Å². The van der Waals surface area contributed by atoms with Crippen LogP contribution in [0.5, 0.6) is 0 Å². The predicted octanol–water partition coefficient (Wildman–Crippen LogP) is 0.137. The van der Waals surface area contributed by atoms with Crippen LogP contribution in [-0.2, 0) is 10.0 Å². The molecular formula is C8H12N2O4S. The minimum atomic E-state index is -3.58. The summed E-state index contributed by atoms with van der Waals surface area (Å²) in [5.41, 5.74) is 0. The molecule has 0 aliphatic heterocycles. The number of hydrogen-bond donors (Lipinski definition) is 1. The molecule has 0 saturated carbocycles. The van der Waals surface area contributed by atoms with E-state index in [1.54, 1.807) is 6.92 Å². The first kappa shape index (κ1) is 11.7. The van der Waals surface area contributed by atoms with E-state index in [2.05, 4.69) is 4.72 Å². The maximum atomic E-state index is 11.3. The molecule has 0 fully saturated rings. The molecule has 1 N–H and O–H groups in total. The van der Waals surface area contributed by atoms with E-state index in [1.807, 2.05) is 0 Å². The molecule has 1 aromatic heterocycles. The van der Waals surface area contributed by atoms with Crippen molar-refractivity contribution in [1.29, 1.82) is 0 Å². The summed E-state index contributed by atoms with van der Waals surface area (Å²) in [6, 6.07) is 2.71. The SMILES string of the molecule is CC[N+]([O-])=Cc1ccc(S(=O)(=O)NC)o1. The second-order valence-corrected chi connectivity index (χ2v) is 4.54. The lowest BCUT2D eigenvalue weighted by atomic mass is 10.5. The Morgan fingerprint density at radius 1 is 1.60 bits per heavy atom. The molecule has 15 heavy (non-hydrogen) atoms. The van der Waals surface area contributed by atoms with Crippen molar-refractivity contribution in [1.82, 2.24) is 4.72 Å². The normalized spacial score (nSPS) is 13.1. The summed E-state index contributed by atoms with van der Waals surface area (Å²) in [6.45, 7) is 1.95. The molecule has 0 amide bonds. The van der Waals surface area contributed by atoms with E-state index in [4.69, 9.17) is 4.42 Å². The Bertz CT molecular complexity index is 461. The average Bonchev–Trinajstić information content (AvgIpc) is 2.66. The van der Waals surface area contributed by atoms with E-state index < -0.39 is 10.0 Å². The molecule has 0 aliphatic rings. The standard InChI is InChI=1S/C8H12N2O4S/c1-3-10(11)6-7-4-5-8(14-7)15(12,13)9-2/h4-6,9H,3H2,1-2H3. The highest BCUT2D eigenvalue weighted by molar-refractivity contribution is 7.89. The summed E-state index contributed by atoms with van der Waals surface area (Å²) >= 11 is 0. The Labute approximate surface area is 87.8 Å². The quantitative estimate of drug-likeness (QED) is 0.346. The van der Waals surface area contributed by atoms with Crippen LogP contribution in [0.2, 0.25) is 0 Å². The lowest BCUT2D eigenvalue weighted by Gasteiger charge is -1.97. The first-order valence-corrected chi connectivity index (χ1v) is 5.80. The molecule has 0 aliphatic carbocycles. The van der Waals surface area contributed by atoms with E-state index in [-0.39, 0.29) is 17.4 Å². The molecule has 0 atom stereocenters. The van der Waals surface area contributed by atoms with Gasteiger partial charge in [-0.1, -0.05) is 0 Å². The molecule has 0 spiro atoms. The van der Waals surface area contributed by atoms with E-state index >= 15 is 0 Å². The molecule has 0 aromatic carbocycles. The van der Waals surface area contributed by atoms with Crippen molar-refractivity contribution in [2.75, 3.05) is 13.6 Å². The third kappa shape index (κ3) is 2.80. The molecule has 0 unspecified atom stereocenters. The number of furan rings is 1. The maximum Gasteiger partial charge on any atom is 0.273 e. The van der Waals surface area contributed by atoms with Gasteiger partial charge in [0.15, 0.2) is 12.3 Å². The van der Waals surface area contributed by atoms with Gasteiger partial charge in [-0.15, -0.1) is 0 Å². The van der Waals surface area contributed by atoms with Crippen molar-refractivity contribution in [2.45, 2.75) is 12.0 Å². The molecule has 0 bridgehead atoms. The molecule has 7 heteroatoms. The van der Waals surface area contributed by atoms with Crippen LogP contribution < -0.4 is 4.72 Å².